The van der Waals surface area contributed by atoms with Crippen LogP contribution in [-0.2, 0) is 9.53 Å². The third kappa shape index (κ3) is 3.34. The Morgan fingerprint density at radius 2 is 2.04 bits per heavy atom. The predicted octanol–water partition coefficient (Wildman–Crippen LogP) is 2.76. The van der Waals surface area contributed by atoms with E-state index in [0.29, 0.717) is 11.1 Å². The number of benzene rings is 2. The van der Waals surface area contributed by atoms with E-state index in [4.69, 9.17) is 9.15 Å². The van der Waals surface area contributed by atoms with Crippen molar-refractivity contribution in [2.75, 3.05) is 11.9 Å². The number of para-hydroxylation sites is 1. The van der Waals surface area contributed by atoms with E-state index >= 15 is 0 Å². The molecule has 0 radical (unpaired) electrons. The molecule has 1 N–H and O–H groups in total. The molecule has 1 aromatic heterocycles. The molecule has 2 aromatic carbocycles. The van der Waals surface area contributed by atoms with Crippen LogP contribution < -0.4 is 5.32 Å². The molecule has 0 aliphatic rings. The van der Waals surface area contributed by atoms with Gasteiger partial charge in [-0.05, 0) is 30.3 Å². The molecule has 116 valence electrons. The second-order valence-corrected chi connectivity index (χ2v) is 4.64. The normalized spacial score (nSPS) is 10.5. The van der Waals surface area contributed by atoms with E-state index in [1.165, 1.54) is 36.7 Å². The van der Waals surface area contributed by atoms with Crippen molar-refractivity contribution < 1.29 is 23.1 Å². The number of anilines is 1. The molecule has 0 unspecified atom stereocenters. The number of hydrogen-bond donors (Lipinski definition) is 1. The van der Waals surface area contributed by atoms with Crippen molar-refractivity contribution in [1.29, 1.82) is 0 Å². The van der Waals surface area contributed by atoms with Crippen LogP contribution in [-0.4, -0.2) is 23.5 Å². The van der Waals surface area contributed by atoms with Crippen molar-refractivity contribution in [3.8, 4) is 0 Å². The van der Waals surface area contributed by atoms with Crippen LogP contribution >= 0.6 is 0 Å². The van der Waals surface area contributed by atoms with Crippen molar-refractivity contribution in [2.24, 2.45) is 0 Å². The predicted molar refractivity (Wildman–Crippen MR) is 79.3 cm³/mol. The minimum Gasteiger partial charge on any atom is -0.452 e. The fourth-order valence-electron chi connectivity index (χ4n) is 1.95. The minimum atomic E-state index is -0.688. The molecule has 0 aliphatic heterocycles. The maximum absolute atomic E-state index is 13.4. The van der Waals surface area contributed by atoms with Gasteiger partial charge in [-0.15, -0.1) is 0 Å². The zero-order valence-electron chi connectivity index (χ0n) is 11.8. The van der Waals surface area contributed by atoms with Gasteiger partial charge in [-0.25, -0.2) is 14.2 Å². The number of fused-ring (bicyclic) bond motifs is 1. The maximum Gasteiger partial charge on any atom is 0.338 e. The second kappa shape index (κ2) is 6.27. The average Bonchev–Trinajstić information content (AvgIpc) is 3.02. The van der Waals surface area contributed by atoms with Gasteiger partial charge in [0.2, 0.25) is 0 Å². The van der Waals surface area contributed by atoms with Gasteiger partial charge in [0.25, 0.3) is 5.91 Å². The largest absolute Gasteiger partial charge is 0.452 e. The highest BCUT2D eigenvalue weighted by molar-refractivity contribution is 5.96. The number of nitrogens with zero attached hydrogens (tertiary/aromatic N) is 1. The van der Waals surface area contributed by atoms with Crippen LogP contribution in [0, 0.1) is 5.82 Å². The lowest BCUT2D eigenvalue weighted by Gasteiger charge is -2.07. The van der Waals surface area contributed by atoms with Crippen LogP contribution in [0.3, 0.4) is 0 Å². The molecule has 0 spiro atoms. The smallest absolute Gasteiger partial charge is 0.338 e. The first-order valence-corrected chi connectivity index (χ1v) is 6.68. The summed E-state index contributed by atoms with van der Waals surface area (Å²) >= 11 is 0. The summed E-state index contributed by atoms with van der Waals surface area (Å²) in [6, 6.07) is 10.3. The van der Waals surface area contributed by atoms with Gasteiger partial charge >= 0.3 is 5.97 Å². The summed E-state index contributed by atoms with van der Waals surface area (Å²) in [6.07, 6.45) is 1.27. The van der Waals surface area contributed by atoms with Crippen molar-refractivity contribution in [1.82, 2.24) is 4.98 Å². The van der Waals surface area contributed by atoms with Crippen molar-refractivity contribution in [3.05, 3.63) is 60.2 Å². The lowest BCUT2D eigenvalue weighted by molar-refractivity contribution is -0.119. The Hall–Kier alpha value is -3.22. The Kier molecular flexibility index (Phi) is 4.01. The van der Waals surface area contributed by atoms with Gasteiger partial charge < -0.3 is 14.5 Å². The summed E-state index contributed by atoms with van der Waals surface area (Å²) in [4.78, 5) is 27.5. The molecule has 1 amide bonds. The lowest BCUT2D eigenvalue weighted by atomic mass is 10.2. The van der Waals surface area contributed by atoms with Gasteiger partial charge in [0.05, 0.1) is 11.3 Å². The quantitative estimate of drug-likeness (QED) is 0.749. The van der Waals surface area contributed by atoms with Gasteiger partial charge in [-0.2, -0.15) is 0 Å². The fraction of sp³-hybridized carbons (Fsp3) is 0.0625. The number of halogens is 1. The van der Waals surface area contributed by atoms with Crippen molar-refractivity contribution in [2.45, 2.75) is 0 Å². The summed E-state index contributed by atoms with van der Waals surface area (Å²) in [7, 11) is 0. The van der Waals surface area contributed by atoms with Gasteiger partial charge in [0, 0.05) is 0 Å². The monoisotopic (exact) mass is 314 g/mol. The Morgan fingerprint density at radius 3 is 2.87 bits per heavy atom. The van der Waals surface area contributed by atoms with Gasteiger partial charge in [0.15, 0.2) is 18.6 Å². The highest BCUT2D eigenvalue weighted by Crippen LogP contribution is 2.15. The fourth-order valence-corrected chi connectivity index (χ4v) is 1.95. The SMILES string of the molecule is O=C(COC(=O)c1ccc2ncoc2c1)Nc1ccccc1F. The summed E-state index contributed by atoms with van der Waals surface area (Å²) in [6.45, 7) is -0.526. The Labute approximate surface area is 129 Å². The summed E-state index contributed by atoms with van der Waals surface area (Å²) in [5.41, 5.74) is 1.30. The molecule has 0 fully saturated rings. The molecule has 0 saturated carbocycles. The molecule has 3 aromatic rings. The van der Waals surface area contributed by atoms with Crippen LogP contribution in [0.4, 0.5) is 10.1 Å². The lowest BCUT2D eigenvalue weighted by Crippen LogP contribution is -2.21. The number of nitrogens with one attached hydrogen (secondary N) is 1. The molecule has 23 heavy (non-hydrogen) atoms. The van der Waals surface area contributed by atoms with E-state index in [1.54, 1.807) is 12.1 Å². The molecular formula is C16H11FN2O4. The molecule has 3 rings (SSSR count). The zero-order chi connectivity index (χ0) is 16.2. The van der Waals surface area contributed by atoms with Crippen LogP contribution in [0.25, 0.3) is 11.1 Å². The van der Waals surface area contributed by atoms with Gasteiger partial charge in [-0.1, -0.05) is 12.1 Å². The summed E-state index contributed by atoms with van der Waals surface area (Å²) in [5.74, 6) is -1.89. The van der Waals surface area contributed by atoms with Crippen LogP contribution in [0.5, 0.6) is 0 Å². The third-order valence-electron chi connectivity index (χ3n) is 3.05. The number of ether oxygens (including phenoxy) is 1. The summed E-state index contributed by atoms with van der Waals surface area (Å²) < 4.78 is 23.4. The number of amides is 1. The average molecular weight is 314 g/mol. The molecular weight excluding hydrogens is 303 g/mol. The topological polar surface area (TPSA) is 81.4 Å². The second-order valence-electron chi connectivity index (χ2n) is 4.64. The molecule has 1 heterocycles. The van der Waals surface area contributed by atoms with Crippen LogP contribution in [0.1, 0.15) is 10.4 Å². The molecule has 6 nitrogen and oxygen atoms in total. The summed E-state index contributed by atoms with van der Waals surface area (Å²) in [5, 5.41) is 2.32. The van der Waals surface area contributed by atoms with Crippen LogP contribution in [0.2, 0.25) is 0 Å². The van der Waals surface area contributed by atoms with Crippen molar-refractivity contribution in [3.63, 3.8) is 0 Å². The number of esters is 1. The van der Waals surface area contributed by atoms with Crippen molar-refractivity contribution >= 4 is 28.7 Å². The van der Waals surface area contributed by atoms with Gasteiger partial charge in [-0.3, -0.25) is 4.79 Å². The number of aromatic nitrogens is 1. The molecule has 0 atom stereocenters. The van der Waals surface area contributed by atoms with E-state index in [0.717, 1.165) is 0 Å². The van der Waals surface area contributed by atoms with Gasteiger partial charge in [0.1, 0.15) is 11.3 Å². The number of carbonyl (C=O) groups excluding carboxylic acids is 2. The number of hydrogen-bond acceptors (Lipinski definition) is 5. The first-order chi connectivity index (χ1) is 11.1. The van der Waals surface area contributed by atoms with E-state index < -0.39 is 24.3 Å². The maximum atomic E-state index is 13.4. The molecule has 0 aliphatic carbocycles. The van der Waals surface area contributed by atoms with E-state index in [-0.39, 0.29) is 11.3 Å². The number of rotatable bonds is 4. The molecule has 7 heteroatoms. The van der Waals surface area contributed by atoms with E-state index in [9.17, 15) is 14.0 Å². The van der Waals surface area contributed by atoms with E-state index in [2.05, 4.69) is 10.3 Å². The zero-order valence-corrected chi connectivity index (χ0v) is 11.8. The highest BCUT2D eigenvalue weighted by Gasteiger charge is 2.13. The number of carbonyl (C=O) groups is 2. The first kappa shape index (κ1) is 14.7. The van der Waals surface area contributed by atoms with E-state index in [1.807, 2.05) is 0 Å². The minimum absolute atomic E-state index is 0.0247. The first-order valence-electron chi connectivity index (χ1n) is 6.68. The number of oxazole rings is 1. The Balaban J connectivity index is 1.60. The standard InChI is InChI=1S/C16H11FN2O4/c17-11-3-1-2-4-12(11)19-15(20)8-22-16(21)10-5-6-13-14(7-10)23-9-18-13/h1-7,9H,8H2,(H,19,20). The Morgan fingerprint density at radius 1 is 1.22 bits per heavy atom. The third-order valence-corrected chi connectivity index (χ3v) is 3.05. The van der Waals surface area contributed by atoms with Crippen LogP contribution in [0.15, 0.2) is 53.3 Å². The Bertz CT molecular complexity index is 875. The molecule has 0 bridgehead atoms. The molecule has 0 saturated heterocycles. The highest BCUT2D eigenvalue weighted by atomic mass is 19.1.